The molecule has 3 heteroatoms. The number of hydrogen-bond donors (Lipinski definition) is 0. The fraction of sp³-hybridized carbons (Fsp3) is 0. The highest BCUT2D eigenvalue weighted by molar-refractivity contribution is 7.26. The summed E-state index contributed by atoms with van der Waals surface area (Å²) in [7, 11) is 0. The van der Waals surface area contributed by atoms with E-state index in [2.05, 4.69) is 115 Å². The molecule has 0 saturated heterocycles. The molecule has 0 amide bonds. The monoisotopic (exact) mass is 543 g/mol. The Hall–Kier alpha value is -4.75. The number of rotatable bonds is 3. The van der Waals surface area contributed by atoms with E-state index >= 15 is 0 Å². The molecule has 0 bridgehead atoms. The van der Waals surface area contributed by atoms with Crippen molar-refractivity contribution in [3.63, 3.8) is 0 Å². The molecule has 0 atom stereocenters. The van der Waals surface area contributed by atoms with E-state index in [4.69, 9.17) is 0 Å². The average Bonchev–Trinajstić information content (AvgIpc) is 3.59. The number of nitriles is 1. The molecule has 8 aromatic rings. The zero-order valence-corrected chi connectivity index (χ0v) is 23.0. The summed E-state index contributed by atoms with van der Waals surface area (Å²) in [6.45, 7) is 0. The molecule has 1 nitrogen and oxygen atoms in total. The summed E-state index contributed by atoms with van der Waals surface area (Å²) in [5.41, 5.74) is 7.68. The zero-order valence-electron chi connectivity index (χ0n) is 21.4. The molecule has 0 N–H and O–H groups in total. The number of thiophene rings is 2. The lowest BCUT2D eigenvalue weighted by Crippen LogP contribution is -1.87. The van der Waals surface area contributed by atoms with Crippen LogP contribution in [0.4, 0.5) is 0 Å². The quantitative estimate of drug-likeness (QED) is 0.217. The minimum absolute atomic E-state index is 0.669. The van der Waals surface area contributed by atoms with Crippen molar-refractivity contribution < 1.29 is 0 Å². The molecule has 186 valence electrons. The van der Waals surface area contributed by atoms with E-state index in [-0.39, 0.29) is 0 Å². The van der Waals surface area contributed by atoms with Crippen LogP contribution in [0.25, 0.3) is 73.7 Å². The fourth-order valence-corrected chi connectivity index (χ4v) is 8.30. The molecule has 2 aromatic heterocycles. The summed E-state index contributed by atoms with van der Waals surface area (Å²) in [6.07, 6.45) is 0. The maximum Gasteiger partial charge on any atom is 0.0991 e. The van der Waals surface area contributed by atoms with Gasteiger partial charge in [0.1, 0.15) is 0 Å². The summed E-state index contributed by atoms with van der Waals surface area (Å²) in [4.78, 5) is 0. The Morgan fingerprint density at radius 2 is 0.925 bits per heavy atom. The maximum absolute atomic E-state index is 9.60. The van der Waals surface area contributed by atoms with Crippen LogP contribution in [0.15, 0.2) is 127 Å². The molecule has 0 radical (unpaired) electrons. The third-order valence-electron chi connectivity index (χ3n) is 7.69. The van der Waals surface area contributed by atoms with Crippen molar-refractivity contribution >= 4 is 63.0 Å². The van der Waals surface area contributed by atoms with Crippen LogP contribution in [0.2, 0.25) is 0 Å². The molecular formula is C37H21NS2. The predicted molar refractivity (Wildman–Crippen MR) is 173 cm³/mol. The van der Waals surface area contributed by atoms with Gasteiger partial charge in [-0.15, -0.1) is 22.7 Å². The van der Waals surface area contributed by atoms with Gasteiger partial charge in [-0.05, 0) is 75.8 Å². The van der Waals surface area contributed by atoms with Gasteiger partial charge in [-0.2, -0.15) is 5.26 Å². The van der Waals surface area contributed by atoms with Gasteiger partial charge in [0.15, 0.2) is 0 Å². The van der Waals surface area contributed by atoms with Crippen molar-refractivity contribution in [2.24, 2.45) is 0 Å². The molecule has 2 heterocycles. The van der Waals surface area contributed by atoms with Crippen LogP contribution in [0.5, 0.6) is 0 Å². The van der Waals surface area contributed by atoms with Crippen molar-refractivity contribution in [2.75, 3.05) is 0 Å². The molecule has 0 unspecified atom stereocenters. The van der Waals surface area contributed by atoms with Crippen LogP contribution in [-0.4, -0.2) is 0 Å². The number of benzene rings is 6. The summed E-state index contributed by atoms with van der Waals surface area (Å²) >= 11 is 3.71. The van der Waals surface area contributed by atoms with Gasteiger partial charge in [0.25, 0.3) is 0 Å². The van der Waals surface area contributed by atoms with E-state index in [0.717, 1.165) is 11.1 Å². The second-order valence-electron chi connectivity index (χ2n) is 10.1. The Morgan fingerprint density at radius 3 is 1.50 bits per heavy atom. The van der Waals surface area contributed by atoms with Crippen LogP contribution < -0.4 is 0 Å². The summed E-state index contributed by atoms with van der Waals surface area (Å²) in [5.74, 6) is 0. The Kier molecular flexibility index (Phi) is 5.31. The molecule has 8 rings (SSSR count). The second-order valence-corrected chi connectivity index (χ2v) is 12.2. The highest BCUT2D eigenvalue weighted by Crippen LogP contribution is 2.44. The van der Waals surface area contributed by atoms with E-state index in [9.17, 15) is 5.26 Å². The maximum atomic E-state index is 9.60. The first-order valence-corrected chi connectivity index (χ1v) is 14.9. The summed E-state index contributed by atoms with van der Waals surface area (Å²) < 4.78 is 5.21. The SMILES string of the molecule is N#Cc1cccc(-c2cc(-c3cccc4c3sc3ccccc34)cc(-c3cccc4c3sc3ccccc34)c2)c1. The fourth-order valence-electron chi connectivity index (χ4n) is 5.82. The first-order chi connectivity index (χ1) is 19.8. The molecule has 40 heavy (non-hydrogen) atoms. The number of hydrogen-bond acceptors (Lipinski definition) is 3. The Morgan fingerprint density at radius 1 is 0.425 bits per heavy atom. The van der Waals surface area contributed by atoms with Crippen LogP contribution in [-0.2, 0) is 0 Å². The van der Waals surface area contributed by atoms with Gasteiger partial charge in [-0.1, -0.05) is 84.9 Å². The summed E-state index contributed by atoms with van der Waals surface area (Å²) in [5, 5.41) is 14.8. The smallest absolute Gasteiger partial charge is 0.0991 e. The van der Waals surface area contributed by atoms with Crippen molar-refractivity contribution in [2.45, 2.75) is 0 Å². The highest BCUT2D eigenvalue weighted by atomic mass is 32.1. The topological polar surface area (TPSA) is 23.8 Å². The van der Waals surface area contributed by atoms with E-state index in [1.165, 1.54) is 62.6 Å². The predicted octanol–water partition coefficient (Wildman–Crippen LogP) is 11.3. The van der Waals surface area contributed by atoms with Gasteiger partial charge in [0.05, 0.1) is 11.6 Å². The van der Waals surface area contributed by atoms with Gasteiger partial charge >= 0.3 is 0 Å². The van der Waals surface area contributed by atoms with Crippen LogP contribution in [0, 0.1) is 11.3 Å². The zero-order chi connectivity index (χ0) is 26.6. The van der Waals surface area contributed by atoms with Gasteiger partial charge in [-0.25, -0.2) is 0 Å². The molecule has 0 aliphatic carbocycles. The van der Waals surface area contributed by atoms with E-state index in [0.29, 0.717) is 5.56 Å². The van der Waals surface area contributed by atoms with Crippen molar-refractivity contribution in [1.29, 1.82) is 5.26 Å². The lowest BCUT2D eigenvalue weighted by atomic mass is 9.92. The molecule has 0 aliphatic rings. The molecular weight excluding hydrogens is 523 g/mol. The third-order valence-corrected chi connectivity index (χ3v) is 10.1. The van der Waals surface area contributed by atoms with Gasteiger partial charge in [0.2, 0.25) is 0 Å². The van der Waals surface area contributed by atoms with Crippen molar-refractivity contribution in [1.82, 2.24) is 0 Å². The van der Waals surface area contributed by atoms with Crippen LogP contribution in [0.1, 0.15) is 5.56 Å². The third kappa shape index (κ3) is 3.66. The van der Waals surface area contributed by atoms with Crippen LogP contribution in [0.3, 0.4) is 0 Å². The molecule has 0 saturated carbocycles. The standard InChI is InChI=1S/C37H21NS2/c38-22-23-8-5-9-24(18-23)25-19-26(28-12-6-14-32-30-10-1-3-16-34(30)39-36(28)32)21-27(20-25)29-13-7-15-33-31-11-2-4-17-35(31)40-37(29)33/h1-21H. The lowest BCUT2D eigenvalue weighted by molar-refractivity contribution is 1.48. The number of fused-ring (bicyclic) bond motifs is 6. The Bertz CT molecular complexity index is 2160. The van der Waals surface area contributed by atoms with Crippen LogP contribution >= 0.6 is 22.7 Å². The largest absolute Gasteiger partial charge is 0.192 e. The van der Waals surface area contributed by atoms with Crippen molar-refractivity contribution in [3.8, 4) is 39.4 Å². The lowest BCUT2D eigenvalue weighted by Gasteiger charge is -2.13. The second kappa shape index (κ2) is 9.17. The van der Waals surface area contributed by atoms with Gasteiger partial charge in [0, 0.05) is 40.3 Å². The van der Waals surface area contributed by atoms with E-state index in [1.54, 1.807) is 0 Å². The Labute approximate surface area is 239 Å². The van der Waals surface area contributed by atoms with E-state index in [1.807, 2.05) is 40.9 Å². The molecule has 0 spiro atoms. The van der Waals surface area contributed by atoms with Gasteiger partial charge in [-0.3, -0.25) is 0 Å². The van der Waals surface area contributed by atoms with E-state index < -0.39 is 0 Å². The first kappa shape index (κ1) is 23.2. The van der Waals surface area contributed by atoms with Crippen molar-refractivity contribution in [3.05, 3.63) is 133 Å². The Balaban J connectivity index is 1.43. The normalized spacial score (nSPS) is 11.5. The average molecular weight is 544 g/mol. The van der Waals surface area contributed by atoms with Gasteiger partial charge < -0.3 is 0 Å². The molecule has 0 aliphatic heterocycles. The highest BCUT2D eigenvalue weighted by Gasteiger charge is 2.15. The minimum Gasteiger partial charge on any atom is -0.192 e. The first-order valence-electron chi connectivity index (χ1n) is 13.2. The summed E-state index contributed by atoms with van der Waals surface area (Å²) in [6, 6.07) is 47.8. The molecule has 6 aromatic carbocycles. The number of nitrogens with zero attached hydrogens (tertiary/aromatic N) is 1. The minimum atomic E-state index is 0.669. The molecule has 0 fully saturated rings.